The number of nitriles is 1. The number of carbonyl (C=O) groups excluding carboxylic acids is 2. The summed E-state index contributed by atoms with van der Waals surface area (Å²) in [5.74, 6) is -2.68. The molecule has 3 N–H and O–H groups in total. The molecule has 31 heavy (non-hydrogen) atoms. The molecule has 1 fully saturated rings. The van der Waals surface area contributed by atoms with E-state index in [0.29, 0.717) is 5.16 Å². The minimum absolute atomic E-state index is 0.0255. The average molecular weight is 488 g/mol. The number of nitrogens with zero attached hydrogens (tertiary/aromatic N) is 6. The maximum atomic E-state index is 13.0. The molecule has 16 heteroatoms. The van der Waals surface area contributed by atoms with E-state index >= 15 is 0 Å². The van der Waals surface area contributed by atoms with Crippen molar-refractivity contribution in [2.75, 3.05) is 24.4 Å². The Labute approximate surface area is 188 Å². The van der Waals surface area contributed by atoms with E-state index in [2.05, 4.69) is 20.8 Å². The first-order valence-electron chi connectivity index (χ1n) is 8.56. The Morgan fingerprint density at radius 3 is 2.81 bits per heavy atom. The first kappa shape index (κ1) is 23.3. The number of methoxy groups -OCH3 is 1. The number of carboxylic acid groups (broad SMARTS) is 1. The summed E-state index contributed by atoms with van der Waals surface area (Å²) in [5.41, 5.74) is -3.35. The molecular formula is C15H17N7O6S3. The molecule has 3 rings (SSSR count). The number of β-lactam (4-membered cyclic amide) rings is 1. The van der Waals surface area contributed by atoms with Crippen LogP contribution in [0.3, 0.4) is 0 Å². The van der Waals surface area contributed by atoms with Gasteiger partial charge in [-0.15, -0.1) is 16.9 Å². The lowest BCUT2D eigenvalue weighted by Crippen LogP contribution is -2.81. The van der Waals surface area contributed by atoms with Gasteiger partial charge in [0.05, 0.1) is 17.6 Å². The van der Waals surface area contributed by atoms with Crippen molar-refractivity contribution in [3.05, 3.63) is 11.3 Å². The number of aliphatic hydroxyl groups excluding tert-OH is 1. The van der Waals surface area contributed by atoms with E-state index in [4.69, 9.17) is 10.00 Å². The second-order valence-electron chi connectivity index (χ2n) is 6.21. The molecule has 0 aliphatic carbocycles. The number of carbonyl (C=O) groups is 3. The number of hydrogen-bond donors (Lipinski definition) is 3. The fourth-order valence-corrected chi connectivity index (χ4v) is 5.84. The lowest BCUT2D eigenvalue weighted by Gasteiger charge is -2.56. The Morgan fingerprint density at radius 2 is 2.23 bits per heavy atom. The Morgan fingerprint density at radius 1 is 1.48 bits per heavy atom. The Kier molecular flexibility index (Phi) is 7.11. The molecular weight excluding hydrogens is 470 g/mol. The van der Waals surface area contributed by atoms with Gasteiger partial charge in [0.15, 0.2) is 0 Å². The molecule has 0 bridgehead atoms. The predicted octanol–water partition coefficient (Wildman–Crippen LogP) is -1.41. The number of aromatic nitrogens is 4. The number of ether oxygens (including phenoxy) is 1. The average Bonchev–Trinajstić information content (AvgIpc) is 3.15. The predicted molar refractivity (Wildman–Crippen MR) is 109 cm³/mol. The quantitative estimate of drug-likeness (QED) is 0.160. The Balaban J connectivity index is 1.84. The Bertz CT molecular complexity index is 979. The maximum absolute atomic E-state index is 13.0. The topological polar surface area (TPSA) is 184 Å². The van der Waals surface area contributed by atoms with Crippen molar-refractivity contribution in [2.24, 2.45) is 7.05 Å². The summed E-state index contributed by atoms with van der Waals surface area (Å²) in [7, 11) is 2.82. The summed E-state index contributed by atoms with van der Waals surface area (Å²) in [6, 6.07) is 1.89. The minimum Gasteiger partial charge on any atom is -0.477 e. The second-order valence-corrected chi connectivity index (χ2v) is 9.30. The fraction of sp³-hybridized carbons (Fsp3) is 0.533. The van der Waals surface area contributed by atoms with Gasteiger partial charge in [-0.25, -0.2) is 9.48 Å². The highest BCUT2D eigenvalue weighted by Gasteiger charge is 2.67. The highest BCUT2D eigenvalue weighted by atomic mass is 32.2. The molecule has 1 saturated heterocycles. The molecule has 0 radical (unpaired) electrons. The number of thioether (sulfide) groups is 3. The lowest BCUT2D eigenvalue weighted by molar-refractivity contribution is -0.192. The standard InChI is InChI=1S/C15H17N7O6S3/c1-21-14(18-19-20-21)30-5-7-9(10(24)25)22-12(27)15(28-2,13(22)31-11(7)26)17-8(23)6-29-4-3-16/h11,13,26H,4-6H2,1-2H3,(H,17,23)(H,24,25)/t11?,13-,15+/m1/s1. The smallest absolute Gasteiger partial charge is 0.352 e. The summed E-state index contributed by atoms with van der Waals surface area (Å²) >= 11 is 3.04. The third kappa shape index (κ3) is 4.23. The second kappa shape index (κ2) is 9.44. The van der Waals surface area contributed by atoms with E-state index in [1.165, 1.54) is 11.8 Å². The number of carboxylic acids is 1. The first-order chi connectivity index (χ1) is 14.8. The molecule has 1 aromatic rings. The molecule has 2 aliphatic rings. The number of aliphatic hydroxyl groups is 1. The van der Waals surface area contributed by atoms with E-state index in [1.54, 1.807) is 7.05 Å². The number of amides is 2. The van der Waals surface area contributed by atoms with Crippen LogP contribution in [0, 0.1) is 11.3 Å². The zero-order chi connectivity index (χ0) is 22.8. The molecule has 1 aromatic heterocycles. The molecule has 13 nitrogen and oxygen atoms in total. The van der Waals surface area contributed by atoms with Crippen molar-refractivity contribution in [1.29, 1.82) is 5.26 Å². The zero-order valence-corrected chi connectivity index (χ0v) is 18.7. The summed E-state index contributed by atoms with van der Waals surface area (Å²) < 4.78 is 6.69. The number of hydrogen-bond acceptors (Lipinski definition) is 12. The molecule has 2 amide bonds. The molecule has 166 valence electrons. The normalized spacial score (nSPS) is 25.0. The monoisotopic (exact) mass is 487 g/mol. The summed E-state index contributed by atoms with van der Waals surface area (Å²) in [6.45, 7) is 0. The number of aryl methyl sites for hydroxylation is 1. The van der Waals surface area contributed by atoms with Gasteiger partial charge in [-0.2, -0.15) is 5.26 Å². The highest BCUT2D eigenvalue weighted by molar-refractivity contribution is 8.01. The zero-order valence-electron chi connectivity index (χ0n) is 16.2. The van der Waals surface area contributed by atoms with Crippen LogP contribution in [-0.2, 0) is 26.2 Å². The van der Waals surface area contributed by atoms with E-state index in [9.17, 15) is 24.6 Å². The van der Waals surface area contributed by atoms with E-state index in [-0.39, 0.29) is 28.5 Å². The van der Waals surface area contributed by atoms with Crippen molar-refractivity contribution in [3.63, 3.8) is 0 Å². The van der Waals surface area contributed by atoms with Crippen LogP contribution in [0.2, 0.25) is 0 Å². The Hall–Kier alpha value is -2.32. The summed E-state index contributed by atoms with van der Waals surface area (Å²) in [5, 5.41) is 41.8. The van der Waals surface area contributed by atoms with Crippen molar-refractivity contribution in [1.82, 2.24) is 30.4 Å². The number of rotatable bonds is 9. The van der Waals surface area contributed by atoms with Crippen molar-refractivity contribution in [3.8, 4) is 6.07 Å². The number of tetrazole rings is 1. The van der Waals surface area contributed by atoms with Gasteiger partial charge in [-0.05, 0) is 10.4 Å². The molecule has 0 saturated carbocycles. The molecule has 1 unspecified atom stereocenters. The van der Waals surface area contributed by atoms with Gasteiger partial charge >= 0.3 is 5.97 Å². The van der Waals surface area contributed by atoms with Gasteiger partial charge in [0.1, 0.15) is 16.5 Å². The van der Waals surface area contributed by atoms with Crippen LogP contribution in [0.4, 0.5) is 0 Å². The minimum atomic E-state index is -1.82. The molecule has 3 atom stereocenters. The van der Waals surface area contributed by atoms with Gasteiger partial charge < -0.3 is 20.3 Å². The van der Waals surface area contributed by atoms with Gasteiger partial charge in [0.2, 0.25) is 11.1 Å². The highest BCUT2D eigenvalue weighted by Crippen LogP contribution is 2.49. The lowest BCUT2D eigenvalue weighted by atomic mass is 9.98. The van der Waals surface area contributed by atoms with Crippen molar-refractivity contribution in [2.45, 2.75) is 21.7 Å². The number of fused-ring (bicyclic) bond motifs is 1. The molecule has 2 aliphatic heterocycles. The van der Waals surface area contributed by atoms with Crippen LogP contribution in [0.5, 0.6) is 0 Å². The largest absolute Gasteiger partial charge is 0.477 e. The third-order valence-electron chi connectivity index (χ3n) is 4.41. The number of aliphatic carboxylic acids is 1. The maximum Gasteiger partial charge on any atom is 0.352 e. The molecule has 3 heterocycles. The van der Waals surface area contributed by atoms with Gasteiger partial charge in [0, 0.05) is 25.5 Å². The van der Waals surface area contributed by atoms with E-state index in [1.807, 2.05) is 6.07 Å². The van der Waals surface area contributed by atoms with E-state index < -0.39 is 34.3 Å². The molecule has 0 spiro atoms. The van der Waals surface area contributed by atoms with Crippen molar-refractivity contribution >= 4 is 53.1 Å². The molecule has 0 aromatic carbocycles. The first-order valence-corrected chi connectivity index (χ1v) is 11.6. The number of nitrogens with one attached hydrogen (secondary N) is 1. The van der Waals surface area contributed by atoms with E-state index in [0.717, 1.165) is 40.2 Å². The van der Waals surface area contributed by atoms with Crippen LogP contribution in [0.25, 0.3) is 0 Å². The summed E-state index contributed by atoms with van der Waals surface area (Å²) in [6.07, 6.45) is 0. The van der Waals surface area contributed by atoms with Crippen molar-refractivity contribution < 1.29 is 29.3 Å². The van der Waals surface area contributed by atoms with Crippen LogP contribution in [-0.4, -0.2) is 94.0 Å². The van der Waals surface area contributed by atoms with Crippen LogP contribution in [0.15, 0.2) is 16.4 Å². The van der Waals surface area contributed by atoms with Gasteiger partial charge in [-0.3, -0.25) is 14.5 Å². The van der Waals surface area contributed by atoms with Crippen LogP contribution < -0.4 is 5.32 Å². The third-order valence-corrected chi connectivity index (χ3v) is 7.61. The van der Waals surface area contributed by atoms with Crippen LogP contribution >= 0.6 is 35.3 Å². The van der Waals surface area contributed by atoms with Crippen LogP contribution in [0.1, 0.15) is 0 Å². The summed E-state index contributed by atoms with van der Waals surface area (Å²) in [4.78, 5) is 38.2. The fourth-order valence-electron chi connectivity index (χ4n) is 3.01. The van der Waals surface area contributed by atoms with Gasteiger partial charge in [-0.1, -0.05) is 23.5 Å². The SMILES string of the molecule is CO[C@@]1(NC(=O)CSCC#N)C(=O)N2C(C(=O)O)=C(CSc3nnnn3C)C(O)S[C@@H]21. The van der Waals surface area contributed by atoms with Gasteiger partial charge in [0.25, 0.3) is 11.6 Å².